The van der Waals surface area contributed by atoms with Gasteiger partial charge in [0.15, 0.2) is 11.5 Å². The minimum atomic E-state index is -0.353. The summed E-state index contributed by atoms with van der Waals surface area (Å²) in [5, 5.41) is 7.80. The number of pyridine rings is 1. The van der Waals surface area contributed by atoms with Crippen molar-refractivity contribution < 1.29 is 18.8 Å². The number of halogens is 1. The fraction of sp³-hybridized carbons (Fsp3) is 0.208. The summed E-state index contributed by atoms with van der Waals surface area (Å²) in [6, 6.07) is 13.0. The molecule has 1 aliphatic rings. The van der Waals surface area contributed by atoms with Crippen LogP contribution in [0.15, 0.2) is 47.0 Å². The van der Waals surface area contributed by atoms with Crippen molar-refractivity contribution in [2.24, 2.45) is 0 Å². The van der Waals surface area contributed by atoms with Crippen LogP contribution in [0.3, 0.4) is 0 Å². The molecule has 4 aromatic rings. The van der Waals surface area contributed by atoms with E-state index in [1.165, 1.54) is 0 Å². The number of benzene rings is 2. The van der Waals surface area contributed by atoms with E-state index in [-0.39, 0.29) is 5.91 Å². The van der Waals surface area contributed by atoms with E-state index in [1.54, 1.807) is 25.1 Å². The molecular weight excluding hydrogens is 430 g/mol. The normalized spacial score (nSPS) is 13.1. The highest BCUT2D eigenvalue weighted by Crippen LogP contribution is 2.38. The first-order chi connectivity index (χ1) is 15.5. The Balaban J connectivity index is 1.55. The molecule has 3 heterocycles. The van der Waals surface area contributed by atoms with Gasteiger partial charge in [-0.2, -0.15) is 0 Å². The highest BCUT2D eigenvalue weighted by Gasteiger charge is 2.21. The summed E-state index contributed by atoms with van der Waals surface area (Å²) in [4.78, 5) is 17.9. The van der Waals surface area contributed by atoms with E-state index in [0.717, 1.165) is 17.5 Å². The molecule has 2 aromatic carbocycles. The highest BCUT2D eigenvalue weighted by molar-refractivity contribution is 6.34. The SMILES string of the molecule is Cc1ccc(-c2cc(C(=O)Nc3cc4c(cc3Cl)OCCCO4)c3c(C)noc3n2)cc1. The van der Waals surface area contributed by atoms with Crippen molar-refractivity contribution in [3.8, 4) is 22.8 Å². The number of ether oxygens (including phenoxy) is 2. The zero-order valence-electron chi connectivity index (χ0n) is 17.6. The van der Waals surface area contributed by atoms with Gasteiger partial charge >= 0.3 is 0 Å². The van der Waals surface area contributed by atoms with Crippen LogP contribution in [0.1, 0.15) is 28.0 Å². The van der Waals surface area contributed by atoms with Gasteiger partial charge in [-0.25, -0.2) is 4.98 Å². The van der Waals surface area contributed by atoms with E-state index in [1.807, 2.05) is 31.2 Å². The first-order valence-electron chi connectivity index (χ1n) is 10.2. The van der Waals surface area contributed by atoms with Crippen molar-refractivity contribution in [2.75, 3.05) is 18.5 Å². The van der Waals surface area contributed by atoms with Gasteiger partial charge in [0.2, 0.25) is 0 Å². The summed E-state index contributed by atoms with van der Waals surface area (Å²) < 4.78 is 16.8. The van der Waals surface area contributed by atoms with Gasteiger partial charge in [-0.15, -0.1) is 0 Å². The third-order valence-electron chi connectivity index (χ3n) is 5.29. The third-order valence-corrected chi connectivity index (χ3v) is 5.61. The van der Waals surface area contributed by atoms with Gasteiger partial charge in [-0.05, 0) is 19.9 Å². The number of carbonyl (C=O) groups excluding carboxylic acids is 1. The van der Waals surface area contributed by atoms with Crippen molar-refractivity contribution in [3.63, 3.8) is 0 Å². The maximum atomic E-state index is 13.4. The smallest absolute Gasteiger partial charge is 0.259 e. The Bertz CT molecular complexity index is 1330. The first kappa shape index (κ1) is 20.3. The molecule has 0 bridgehead atoms. The molecule has 0 spiro atoms. The Morgan fingerprint density at radius 2 is 1.75 bits per heavy atom. The lowest BCUT2D eigenvalue weighted by Gasteiger charge is -2.13. The Labute approximate surface area is 189 Å². The third kappa shape index (κ3) is 3.76. The molecule has 2 aromatic heterocycles. The molecule has 8 heteroatoms. The molecule has 0 atom stereocenters. The number of carbonyl (C=O) groups is 1. The van der Waals surface area contributed by atoms with Gasteiger partial charge in [-0.3, -0.25) is 4.79 Å². The molecule has 1 aliphatic heterocycles. The standard InChI is InChI=1S/C24H20ClN3O4/c1-13-4-6-15(7-5-13)18-10-16(22-14(2)28-32-24(22)27-18)23(29)26-19-12-21-20(11-17(19)25)30-8-3-9-31-21/h4-7,10-12H,3,8-9H2,1-2H3,(H,26,29). The van der Waals surface area contributed by atoms with Gasteiger partial charge in [0.05, 0.1) is 46.3 Å². The molecule has 0 radical (unpaired) electrons. The molecule has 0 saturated heterocycles. The van der Waals surface area contributed by atoms with E-state index < -0.39 is 0 Å². The molecule has 5 rings (SSSR count). The summed E-state index contributed by atoms with van der Waals surface area (Å²) >= 11 is 6.42. The number of amides is 1. The zero-order chi connectivity index (χ0) is 22.2. The van der Waals surface area contributed by atoms with Crippen molar-refractivity contribution in [2.45, 2.75) is 20.3 Å². The Morgan fingerprint density at radius 3 is 2.50 bits per heavy atom. The van der Waals surface area contributed by atoms with Crippen LogP contribution >= 0.6 is 11.6 Å². The number of hydrogen-bond acceptors (Lipinski definition) is 6. The van der Waals surface area contributed by atoms with Crippen molar-refractivity contribution in [1.29, 1.82) is 0 Å². The average Bonchev–Trinajstić information content (AvgIpc) is 3.01. The number of aryl methyl sites for hydroxylation is 2. The lowest BCUT2D eigenvalue weighted by Crippen LogP contribution is -2.13. The number of rotatable bonds is 3. The predicted molar refractivity (Wildman–Crippen MR) is 122 cm³/mol. The molecule has 0 unspecified atom stereocenters. The predicted octanol–water partition coefficient (Wildman–Crippen LogP) is 5.57. The largest absolute Gasteiger partial charge is 0.490 e. The van der Waals surface area contributed by atoms with Crippen LogP contribution in [-0.2, 0) is 0 Å². The van der Waals surface area contributed by atoms with Crippen LogP contribution in [-0.4, -0.2) is 29.3 Å². The number of anilines is 1. The van der Waals surface area contributed by atoms with Gasteiger partial charge < -0.3 is 19.3 Å². The summed E-state index contributed by atoms with van der Waals surface area (Å²) in [6.07, 6.45) is 0.775. The van der Waals surface area contributed by atoms with Gasteiger partial charge in [0.25, 0.3) is 11.6 Å². The number of hydrogen-bond donors (Lipinski definition) is 1. The van der Waals surface area contributed by atoms with Crippen molar-refractivity contribution >= 4 is 34.3 Å². The summed E-state index contributed by atoms with van der Waals surface area (Å²) in [5.41, 5.74) is 4.32. The average molecular weight is 450 g/mol. The molecule has 1 amide bonds. The molecule has 0 fully saturated rings. The van der Waals surface area contributed by atoms with Crippen LogP contribution in [0.2, 0.25) is 5.02 Å². The van der Waals surface area contributed by atoms with E-state index >= 15 is 0 Å². The van der Waals surface area contributed by atoms with Gasteiger partial charge in [0.1, 0.15) is 0 Å². The van der Waals surface area contributed by atoms with Gasteiger partial charge in [0, 0.05) is 24.1 Å². The monoisotopic (exact) mass is 449 g/mol. The fourth-order valence-corrected chi connectivity index (χ4v) is 3.82. The van der Waals surface area contributed by atoms with Crippen molar-refractivity contribution in [3.05, 3.63) is 64.3 Å². The first-order valence-corrected chi connectivity index (χ1v) is 10.6. The summed E-state index contributed by atoms with van der Waals surface area (Å²) in [7, 11) is 0. The lowest BCUT2D eigenvalue weighted by atomic mass is 10.0. The molecular formula is C24H20ClN3O4. The van der Waals surface area contributed by atoms with E-state index in [2.05, 4.69) is 15.5 Å². The van der Waals surface area contributed by atoms with E-state index in [9.17, 15) is 4.79 Å². The quantitative estimate of drug-likeness (QED) is 0.439. The molecule has 1 N–H and O–H groups in total. The summed E-state index contributed by atoms with van der Waals surface area (Å²) in [6.45, 7) is 4.87. The minimum absolute atomic E-state index is 0.301. The highest BCUT2D eigenvalue weighted by atomic mass is 35.5. The van der Waals surface area contributed by atoms with Crippen molar-refractivity contribution in [1.82, 2.24) is 10.1 Å². The second-order valence-electron chi connectivity index (χ2n) is 7.65. The second-order valence-corrected chi connectivity index (χ2v) is 8.06. The number of nitrogens with one attached hydrogen (secondary N) is 1. The van der Waals surface area contributed by atoms with Crippen LogP contribution in [0.5, 0.6) is 11.5 Å². The van der Waals surface area contributed by atoms with Crippen LogP contribution in [0, 0.1) is 13.8 Å². The maximum absolute atomic E-state index is 13.4. The molecule has 7 nitrogen and oxygen atoms in total. The topological polar surface area (TPSA) is 86.5 Å². The van der Waals surface area contributed by atoms with E-state index in [4.69, 9.17) is 25.6 Å². The Kier molecular flexibility index (Phi) is 5.19. The molecule has 0 saturated carbocycles. The van der Waals surface area contributed by atoms with Crippen LogP contribution in [0.25, 0.3) is 22.4 Å². The summed E-state index contributed by atoms with van der Waals surface area (Å²) in [5.74, 6) is 0.755. The molecule has 162 valence electrons. The number of aromatic nitrogens is 2. The minimum Gasteiger partial charge on any atom is -0.490 e. The fourth-order valence-electron chi connectivity index (χ4n) is 3.62. The Hall–Kier alpha value is -3.58. The van der Waals surface area contributed by atoms with Crippen LogP contribution in [0.4, 0.5) is 5.69 Å². The zero-order valence-corrected chi connectivity index (χ0v) is 18.3. The molecule has 0 aliphatic carbocycles. The van der Waals surface area contributed by atoms with Gasteiger partial charge in [-0.1, -0.05) is 46.6 Å². The lowest BCUT2D eigenvalue weighted by molar-refractivity contribution is 0.102. The molecule has 32 heavy (non-hydrogen) atoms. The second kappa shape index (κ2) is 8.16. The number of nitrogens with zero attached hydrogens (tertiary/aromatic N) is 2. The Morgan fingerprint density at radius 1 is 1.03 bits per heavy atom. The van der Waals surface area contributed by atoms with E-state index in [0.29, 0.717) is 63.5 Å². The van der Waals surface area contributed by atoms with Crippen LogP contribution < -0.4 is 14.8 Å². The maximum Gasteiger partial charge on any atom is 0.259 e. The number of fused-ring (bicyclic) bond motifs is 2.